The van der Waals surface area contributed by atoms with Gasteiger partial charge in [0.25, 0.3) is 11.5 Å². The van der Waals surface area contributed by atoms with Crippen LogP contribution in [-0.2, 0) is 4.79 Å². The average molecular weight is 384 g/mol. The van der Waals surface area contributed by atoms with Gasteiger partial charge in [-0.15, -0.1) is 0 Å². The zero-order valence-electron chi connectivity index (χ0n) is 14.3. The maximum absolute atomic E-state index is 12.6. The van der Waals surface area contributed by atoms with Crippen molar-refractivity contribution < 1.29 is 14.3 Å². The number of benzene rings is 2. The van der Waals surface area contributed by atoms with Crippen LogP contribution in [0, 0.1) is 4.77 Å². The Morgan fingerprint density at radius 1 is 1.30 bits per heavy atom. The van der Waals surface area contributed by atoms with Gasteiger partial charge in [-0.25, -0.2) is 0 Å². The summed E-state index contributed by atoms with van der Waals surface area (Å²) in [5.74, 6) is 0.178. The fourth-order valence-corrected chi connectivity index (χ4v) is 2.65. The molecule has 0 fully saturated rings. The summed E-state index contributed by atoms with van der Waals surface area (Å²) in [6, 6.07) is 12.0. The lowest BCUT2D eigenvalue weighted by atomic mass is 10.2. The molecule has 0 aliphatic rings. The van der Waals surface area contributed by atoms with Gasteiger partial charge < -0.3 is 20.2 Å². The molecular formula is C18H16N4O4S. The summed E-state index contributed by atoms with van der Waals surface area (Å²) < 4.78 is 11.8. The van der Waals surface area contributed by atoms with Crippen LogP contribution in [0.5, 0.6) is 11.5 Å². The molecule has 0 saturated carbocycles. The van der Waals surface area contributed by atoms with Crippen LogP contribution in [0.3, 0.4) is 0 Å². The number of H-pyrrole nitrogens is 1. The lowest BCUT2D eigenvalue weighted by Crippen LogP contribution is -2.20. The number of ether oxygens (including phenoxy) is 2. The molecule has 0 spiro atoms. The van der Waals surface area contributed by atoms with Crippen molar-refractivity contribution in [2.24, 2.45) is 10.8 Å². The Morgan fingerprint density at radius 2 is 2.07 bits per heavy atom. The van der Waals surface area contributed by atoms with Gasteiger partial charge >= 0.3 is 0 Å². The summed E-state index contributed by atoms with van der Waals surface area (Å²) in [7, 11) is 1.47. The van der Waals surface area contributed by atoms with E-state index in [1.807, 2.05) is 6.07 Å². The number of carbonyl (C=O) groups is 1. The van der Waals surface area contributed by atoms with E-state index in [0.717, 1.165) is 4.68 Å². The number of carbonyl (C=O) groups excluding carboxylic acids is 1. The third kappa shape index (κ3) is 4.04. The van der Waals surface area contributed by atoms with Gasteiger partial charge in [-0.1, -0.05) is 12.1 Å². The van der Waals surface area contributed by atoms with Gasteiger partial charge in [-0.2, -0.15) is 9.78 Å². The van der Waals surface area contributed by atoms with Crippen molar-refractivity contribution in [1.82, 2.24) is 9.66 Å². The third-order valence-electron chi connectivity index (χ3n) is 3.66. The van der Waals surface area contributed by atoms with E-state index >= 15 is 0 Å². The van der Waals surface area contributed by atoms with Crippen LogP contribution < -0.4 is 20.8 Å². The second kappa shape index (κ2) is 7.83. The number of rotatable bonds is 6. The van der Waals surface area contributed by atoms with E-state index in [1.165, 1.54) is 13.3 Å². The number of nitrogens with one attached hydrogen (secondary N) is 1. The van der Waals surface area contributed by atoms with Gasteiger partial charge in [0.05, 0.1) is 24.2 Å². The largest absolute Gasteiger partial charge is 0.493 e. The SMILES string of the molecule is COc1cc(/C=N\n2c(=S)[nH]c3ccccc3c2=O)ccc1OCC(N)=O. The summed E-state index contributed by atoms with van der Waals surface area (Å²) in [4.78, 5) is 26.4. The number of aromatic nitrogens is 2. The minimum Gasteiger partial charge on any atom is -0.493 e. The van der Waals surface area contributed by atoms with Crippen molar-refractivity contribution in [2.75, 3.05) is 13.7 Å². The van der Waals surface area contributed by atoms with Crippen LogP contribution >= 0.6 is 12.2 Å². The number of amides is 1. The van der Waals surface area contributed by atoms with Crippen molar-refractivity contribution in [3.63, 3.8) is 0 Å². The number of hydrogen-bond acceptors (Lipinski definition) is 6. The number of nitrogens with zero attached hydrogens (tertiary/aromatic N) is 2. The number of methoxy groups -OCH3 is 1. The van der Waals surface area contributed by atoms with Gasteiger partial charge in [0.15, 0.2) is 18.1 Å². The summed E-state index contributed by atoms with van der Waals surface area (Å²) in [6.45, 7) is -0.259. The van der Waals surface area contributed by atoms with Crippen molar-refractivity contribution in [1.29, 1.82) is 0 Å². The Kier molecular flexibility index (Phi) is 5.32. The summed E-state index contributed by atoms with van der Waals surface area (Å²) in [5.41, 5.74) is 6.05. The number of para-hydroxylation sites is 1. The van der Waals surface area contributed by atoms with Gasteiger partial charge in [0.2, 0.25) is 4.77 Å². The van der Waals surface area contributed by atoms with Crippen molar-refractivity contribution in [2.45, 2.75) is 0 Å². The van der Waals surface area contributed by atoms with E-state index < -0.39 is 5.91 Å². The molecule has 2 aromatic carbocycles. The maximum Gasteiger partial charge on any atom is 0.282 e. The second-order valence-corrected chi connectivity index (χ2v) is 5.89. The first-order chi connectivity index (χ1) is 13.0. The first-order valence-electron chi connectivity index (χ1n) is 7.87. The highest BCUT2D eigenvalue weighted by atomic mass is 32.1. The third-order valence-corrected chi connectivity index (χ3v) is 3.94. The Labute approximate surface area is 158 Å². The molecule has 1 heterocycles. The predicted molar refractivity (Wildman–Crippen MR) is 104 cm³/mol. The van der Waals surface area contributed by atoms with E-state index in [9.17, 15) is 9.59 Å². The monoisotopic (exact) mass is 384 g/mol. The smallest absolute Gasteiger partial charge is 0.282 e. The van der Waals surface area contributed by atoms with E-state index in [1.54, 1.807) is 36.4 Å². The van der Waals surface area contributed by atoms with Crippen molar-refractivity contribution >= 4 is 35.2 Å². The number of fused-ring (bicyclic) bond motifs is 1. The molecule has 27 heavy (non-hydrogen) atoms. The second-order valence-electron chi connectivity index (χ2n) is 5.50. The van der Waals surface area contributed by atoms with E-state index in [4.69, 9.17) is 27.4 Å². The minimum absolute atomic E-state index is 0.184. The van der Waals surface area contributed by atoms with E-state index in [-0.39, 0.29) is 16.9 Å². The zero-order valence-corrected chi connectivity index (χ0v) is 15.2. The number of aromatic amines is 1. The van der Waals surface area contributed by atoms with Crippen LogP contribution in [0.1, 0.15) is 5.56 Å². The molecule has 1 amide bonds. The minimum atomic E-state index is -0.590. The molecule has 138 valence electrons. The van der Waals surface area contributed by atoms with Crippen LogP contribution in [0.25, 0.3) is 10.9 Å². The lowest BCUT2D eigenvalue weighted by molar-refractivity contribution is -0.119. The molecule has 3 aromatic rings. The lowest BCUT2D eigenvalue weighted by Gasteiger charge is -2.09. The van der Waals surface area contributed by atoms with Crippen molar-refractivity contribution in [3.8, 4) is 11.5 Å². The summed E-state index contributed by atoms with van der Waals surface area (Å²) >= 11 is 5.22. The van der Waals surface area contributed by atoms with Crippen LogP contribution in [-0.4, -0.2) is 35.5 Å². The highest BCUT2D eigenvalue weighted by molar-refractivity contribution is 7.71. The standard InChI is InChI=1S/C18H16N4O4S/c1-25-15-8-11(6-7-14(15)26-10-16(19)23)9-20-22-17(24)12-4-2-3-5-13(12)21-18(22)27/h2-9H,10H2,1H3,(H2,19,23)(H,21,27)/b20-9-. The Hall–Kier alpha value is -3.46. The van der Waals surface area contributed by atoms with E-state index in [0.29, 0.717) is 28.0 Å². The van der Waals surface area contributed by atoms with Gasteiger partial charge in [0.1, 0.15) is 0 Å². The molecule has 0 aliphatic heterocycles. The maximum atomic E-state index is 12.6. The van der Waals surface area contributed by atoms with Crippen LogP contribution in [0.15, 0.2) is 52.4 Å². The van der Waals surface area contributed by atoms with Crippen LogP contribution in [0.2, 0.25) is 0 Å². The average Bonchev–Trinajstić information content (AvgIpc) is 2.66. The molecule has 0 unspecified atom stereocenters. The molecule has 0 radical (unpaired) electrons. The van der Waals surface area contributed by atoms with Crippen molar-refractivity contribution in [3.05, 3.63) is 63.2 Å². The first kappa shape index (κ1) is 18.3. The summed E-state index contributed by atoms with van der Waals surface area (Å²) in [5, 5.41) is 4.66. The zero-order chi connectivity index (χ0) is 19.4. The van der Waals surface area contributed by atoms with Gasteiger partial charge in [0, 0.05) is 0 Å². The Bertz CT molecular complexity index is 1150. The summed E-state index contributed by atoms with van der Waals surface area (Å²) in [6.07, 6.45) is 1.47. The number of nitrogens with two attached hydrogens (primary N) is 1. The predicted octanol–water partition coefficient (Wildman–Crippen LogP) is 1.81. The Balaban J connectivity index is 1.94. The molecule has 0 aliphatic carbocycles. The number of primary amides is 1. The molecular weight excluding hydrogens is 368 g/mol. The molecule has 0 atom stereocenters. The quantitative estimate of drug-likeness (QED) is 0.497. The highest BCUT2D eigenvalue weighted by Gasteiger charge is 2.07. The molecule has 9 heteroatoms. The van der Waals surface area contributed by atoms with Gasteiger partial charge in [-0.05, 0) is 48.1 Å². The molecule has 1 aromatic heterocycles. The highest BCUT2D eigenvalue weighted by Crippen LogP contribution is 2.27. The molecule has 0 bridgehead atoms. The topological polar surface area (TPSA) is 112 Å². The molecule has 8 nitrogen and oxygen atoms in total. The first-order valence-corrected chi connectivity index (χ1v) is 8.28. The van der Waals surface area contributed by atoms with Crippen LogP contribution in [0.4, 0.5) is 0 Å². The van der Waals surface area contributed by atoms with Gasteiger partial charge in [-0.3, -0.25) is 9.59 Å². The Morgan fingerprint density at radius 3 is 2.81 bits per heavy atom. The normalized spacial score (nSPS) is 11.0. The fourth-order valence-electron chi connectivity index (χ4n) is 2.41. The fraction of sp³-hybridized carbons (Fsp3) is 0.111. The van der Waals surface area contributed by atoms with E-state index in [2.05, 4.69) is 10.1 Å². The molecule has 3 N–H and O–H groups in total. The molecule has 3 rings (SSSR count). The number of hydrogen-bond donors (Lipinski definition) is 2. The molecule has 0 saturated heterocycles.